The highest BCUT2D eigenvalue weighted by Gasteiger charge is 2.14. The van der Waals surface area contributed by atoms with Gasteiger partial charge in [-0.3, -0.25) is 10.1 Å². The molecule has 0 N–H and O–H groups in total. The molecule has 0 fully saturated rings. The first-order valence-corrected chi connectivity index (χ1v) is 7.26. The fourth-order valence-corrected chi connectivity index (χ4v) is 2.58. The number of nitro groups is 1. The van der Waals surface area contributed by atoms with Crippen molar-refractivity contribution in [2.24, 2.45) is 5.92 Å². The largest absolute Gasteiger partial charge is 0.324 e. The second-order valence-corrected chi connectivity index (χ2v) is 5.73. The summed E-state index contributed by atoms with van der Waals surface area (Å²) in [4.78, 5) is 15.1. The van der Waals surface area contributed by atoms with Gasteiger partial charge in [0.05, 0.1) is 16.0 Å². The summed E-state index contributed by atoms with van der Waals surface area (Å²) in [7, 11) is 0. The molecule has 0 spiro atoms. The molecule has 22 heavy (non-hydrogen) atoms. The van der Waals surface area contributed by atoms with E-state index < -0.39 is 0 Å². The zero-order valence-electron chi connectivity index (χ0n) is 12.6. The van der Waals surface area contributed by atoms with E-state index >= 15 is 0 Å². The number of hydrogen-bond donors (Lipinski definition) is 0. The van der Waals surface area contributed by atoms with Crippen LogP contribution in [-0.4, -0.2) is 14.5 Å². The van der Waals surface area contributed by atoms with Crippen molar-refractivity contribution >= 4 is 16.7 Å². The third-order valence-corrected chi connectivity index (χ3v) is 3.54. The van der Waals surface area contributed by atoms with Crippen LogP contribution in [-0.2, 0) is 6.54 Å². The van der Waals surface area contributed by atoms with E-state index in [0.717, 1.165) is 29.0 Å². The summed E-state index contributed by atoms with van der Waals surface area (Å²) in [5.41, 5.74) is 3.01. The molecule has 0 amide bonds. The molecule has 0 atom stereocenters. The molecule has 5 nitrogen and oxygen atoms in total. The van der Waals surface area contributed by atoms with Gasteiger partial charge in [-0.1, -0.05) is 26.0 Å². The van der Waals surface area contributed by atoms with Crippen molar-refractivity contribution in [1.82, 2.24) is 9.55 Å². The van der Waals surface area contributed by atoms with Gasteiger partial charge in [0, 0.05) is 24.2 Å². The van der Waals surface area contributed by atoms with Gasteiger partial charge in [-0.2, -0.15) is 0 Å². The van der Waals surface area contributed by atoms with Crippen molar-refractivity contribution in [2.75, 3.05) is 0 Å². The average Bonchev–Trinajstić information content (AvgIpc) is 2.86. The van der Waals surface area contributed by atoms with Crippen LogP contribution < -0.4 is 0 Å². The van der Waals surface area contributed by atoms with E-state index in [0.29, 0.717) is 5.92 Å². The summed E-state index contributed by atoms with van der Waals surface area (Å²) < 4.78 is 2.18. The van der Waals surface area contributed by atoms with Crippen LogP contribution in [0.5, 0.6) is 0 Å². The zero-order valence-corrected chi connectivity index (χ0v) is 12.6. The fraction of sp³-hybridized carbons (Fsp3) is 0.235. The molecular formula is C17H17N3O2. The van der Waals surface area contributed by atoms with E-state index in [1.54, 1.807) is 12.1 Å². The molecule has 5 heteroatoms. The number of fused-ring (bicyclic) bond motifs is 1. The van der Waals surface area contributed by atoms with Gasteiger partial charge in [-0.05, 0) is 30.2 Å². The third kappa shape index (κ3) is 2.57. The average molecular weight is 295 g/mol. The highest BCUT2D eigenvalue weighted by Crippen LogP contribution is 2.27. The van der Waals surface area contributed by atoms with Crippen molar-refractivity contribution in [3.05, 3.63) is 58.6 Å². The van der Waals surface area contributed by atoms with Gasteiger partial charge in [0.1, 0.15) is 5.82 Å². The lowest BCUT2D eigenvalue weighted by atomic mass is 10.1. The minimum absolute atomic E-state index is 0.0928. The van der Waals surface area contributed by atoms with E-state index in [1.807, 2.05) is 18.2 Å². The maximum absolute atomic E-state index is 10.8. The number of benzene rings is 2. The minimum atomic E-state index is -0.388. The molecule has 0 radical (unpaired) electrons. The Morgan fingerprint density at radius 2 is 1.82 bits per heavy atom. The Hall–Kier alpha value is -2.69. The number of nitrogens with zero attached hydrogens (tertiary/aromatic N) is 3. The molecule has 0 saturated heterocycles. The summed E-state index contributed by atoms with van der Waals surface area (Å²) >= 11 is 0. The Kier molecular flexibility index (Phi) is 3.63. The highest BCUT2D eigenvalue weighted by molar-refractivity contribution is 5.80. The monoisotopic (exact) mass is 295 g/mol. The summed E-state index contributed by atoms with van der Waals surface area (Å²) in [5.74, 6) is 1.33. The SMILES string of the molecule is CC(C)Cn1c(-c2ccc([N+](=O)[O-])cc2)nc2ccccc21. The Balaban J connectivity index is 2.14. The van der Waals surface area contributed by atoms with Crippen molar-refractivity contribution in [1.29, 1.82) is 0 Å². The predicted octanol–water partition coefficient (Wildman–Crippen LogP) is 4.27. The smallest absolute Gasteiger partial charge is 0.269 e. The van der Waals surface area contributed by atoms with E-state index in [9.17, 15) is 10.1 Å². The van der Waals surface area contributed by atoms with E-state index in [4.69, 9.17) is 4.98 Å². The number of rotatable bonds is 4. The molecule has 1 aromatic heterocycles. The Morgan fingerprint density at radius 3 is 2.45 bits per heavy atom. The first kappa shape index (κ1) is 14.3. The first-order chi connectivity index (χ1) is 10.6. The Bertz CT molecular complexity index is 820. The molecule has 3 aromatic rings. The van der Waals surface area contributed by atoms with Crippen LogP contribution in [0.2, 0.25) is 0 Å². The Morgan fingerprint density at radius 1 is 1.14 bits per heavy atom. The van der Waals surface area contributed by atoms with E-state index in [2.05, 4.69) is 24.5 Å². The van der Waals surface area contributed by atoms with Gasteiger partial charge in [0.2, 0.25) is 0 Å². The van der Waals surface area contributed by atoms with Gasteiger partial charge >= 0.3 is 0 Å². The molecule has 0 unspecified atom stereocenters. The Labute approximate surface area is 128 Å². The molecule has 3 rings (SSSR count). The van der Waals surface area contributed by atoms with Crippen LogP contribution in [0.3, 0.4) is 0 Å². The molecular weight excluding hydrogens is 278 g/mol. The van der Waals surface area contributed by atoms with Gasteiger partial charge in [-0.15, -0.1) is 0 Å². The number of imidazole rings is 1. The van der Waals surface area contributed by atoms with Crippen molar-refractivity contribution in [2.45, 2.75) is 20.4 Å². The van der Waals surface area contributed by atoms with Crippen LogP contribution in [0.4, 0.5) is 5.69 Å². The second-order valence-electron chi connectivity index (χ2n) is 5.73. The van der Waals surface area contributed by atoms with Crippen molar-refractivity contribution in [3.8, 4) is 11.4 Å². The van der Waals surface area contributed by atoms with E-state index in [1.165, 1.54) is 12.1 Å². The van der Waals surface area contributed by atoms with Crippen LogP contribution in [0.15, 0.2) is 48.5 Å². The maximum atomic E-state index is 10.8. The number of non-ortho nitro benzene ring substituents is 1. The van der Waals surface area contributed by atoms with Gasteiger partial charge in [0.15, 0.2) is 0 Å². The molecule has 112 valence electrons. The summed E-state index contributed by atoms with van der Waals surface area (Å²) in [5, 5.41) is 10.8. The van der Waals surface area contributed by atoms with Crippen molar-refractivity contribution < 1.29 is 4.92 Å². The third-order valence-electron chi connectivity index (χ3n) is 3.54. The quantitative estimate of drug-likeness (QED) is 0.533. The standard InChI is InChI=1S/C17H17N3O2/c1-12(2)11-19-16-6-4-3-5-15(16)18-17(19)13-7-9-14(10-8-13)20(21)22/h3-10,12H,11H2,1-2H3. The van der Waals surface area contributed by atoms with E-state index in [-0.39, 0.29) is 10.6 Å². The number of para-hydroxylation sites is 2. The van der Waals surface area contributed by atoms with Gasteiger partial charge in [-0.25, -0.2) is 4.98 Å². The summed E-state index contributed by atoms with van der Waals surface area (Å²) in [6.07, 6.45) is 0. The van der Waals surface area contributed by atoms with Crippen molar-refractivity contribution in [3.63, 3.8) is 0 Å². The van der Waals surface area contributed by atoms with Crippen LogP contribution in [0.25, 0.3) is 22.4 Å². The molecule has 0 bridgehead atoms. The molecule has 0 aliphatic rings. The molecule has 2 aromatic carbocycles. The minimum Gasteiger partial charge on any atom is -0.324 e. The molecule has 1 heterocycles. The van der Waals surface area contributed by atoms with Crippen LogP contribution >= 0.6 is 0 Å². The second kappa shape index (κ2) is 5.60. The fourth-order valence-electron chi connectivity index (χ4n) is 2.58. The topological polar surface area (TPSA) is 61.0 Å². The van der Waals surface area contributed by atoms with Gasteiger partial charge in [0.25, 0.3) is 5.69 Å². The molecule has 0 aliphatic heterocycles. The summed E-state index contributed by atoms with van der Waals surface area (Å²) in [6.45, 7) is 5.18. The van der Waals surface area contributed by atoms with Crippen LogP contribution in [0.1, 0.15) is 13.8 Å². The first-order valence-electron chi connectivity index (χ1n) is 7.26. The van der Waals surface area contributed by atoms with Gasteiger partial charge < -0.3 is 4.57 Å². The molecule has 0 aliphatic carbocycles. The normalized spacial score (nSPS) is 11.2. The zero-order chi connectivity index (χ0) is 15.7. The predicted molar refractivity (Wildman–Crippen MR) is 86.7 cm³/mol. The number of nitro benzene ring substituents is 1. The summed E-state index contributed by atoms with van der Waals surface area (Å²) in [6, 6.07) is 14.6. The number of hydrogen-bond acceptors (Lipinski definition) is 3. The lowest BCUT2D eigenvalue weighted by Gasteiger charge is -2.11. The lowest BCUT2D eigenvalue weighted by Crippen LogP contribution is -2.06. The van der Waals surface area contributed by atoms with Crippen LogP contribution in [0, 0.1) is 16.0 Å². The number of aromatic nitrogens is 2. The molecule has 0 saturated carbocycles. The lowest BCUT2D eigenvalue weighted by molar-refractivity contribution is -0.384. The maximum Gasteiger partial charge on any atom is 0.269 e. The highest BCUT2D eigenvalue weighted by atomic mass is 16.6.